The maximum atomic E-state index is 12.7. The van der Waals surface area contributed by atoms with Crippen LogP contribution < -0.4 is 16.0 Å². The van der Waals surface area contributed by atoms with Crippen molar-refractivity contribution in [1.29, 1.82) is 0 Å². The van der Waals surface area contributed by atoms with Crippen molar-refractivity contribution in [1.82, 2.24) is 20.2 Å². The zero-order valence-electron chi connectivity index (χ0n) is 19.0. The summed E-state index contributed by atoms with van der Waals surface area (Å²) in [6, 6.07) is 1.09. The molecule has 7 heteroatoms. The van der Waals surface area contributed by atoms with Gasteiger partial charge in [0.2, 0.25) is 5.95 Å². The number of piperidine rings is 1. The minimum atomic E-state index is -0.102. The largest absolute Gasteiger partial charge is 0.367 e. The molecule has 2 fully saturated rings. The Labute approximate surface area is 181 Å². The van der Waals surface area contributed by atoms with Gasteiger partial charge in [-0.3, -0.25) is 4.79 Å². The Kier molecular flexibility index (Phi) is 8.73. The molecule has 30 heavy (non-hydrogen) atoms. The molecule has 1 unspecified atom stereocenters. The van der Waals surface area contributed by atoms with Crippen LogP contribution >= 0.6 is 0 Å². The van der Waals surface area contributed by atoms with Crippen LogP contribution in [-0.2, 0) is 0 Å². The number of amides is 1. The summed E-state index contributed by atoms with van der Waals surface area (Å²) in [7, 11) is 0. The quantitative estimate of drug-likeness (QED) is 0.502. The summed E-state index contributed by atoms with van der Waals surface area (Å²) >= 11 is 0. The number of carbonyl (C=O) groups excluding carboxylic acids is 1. The van der Waals surface area contributed by atoms with E-state index in [9.17, 15) is 4.79 Å². The normalized spacial score (nSPS) is 20.5. The minimum absolute atomic E-state index is 0.102. The lowest BCUT2D eigenvalue weighted by molar-refractivity contribution is 0.0949. The SMILES string of the molecule is CC(C)CNC(=O)c1cnc(NCCCN2CCCCC2C)nc1NC1CCCC1. The number of nitrogens with zero attached hydrogens (tertiary/aromatic N) is 3. The summed E-state index contributed by atoms with van der Waals surface area (Å²) in [6.07, 6.45) is 11.4. The van der Waals surface area contributed by atoms with Gasteiger partial charge < -0.3 is 20.9 Å². The third kappa shape index (κ3) is 6.83. The molecule has 1 aliphatic carbocycles. The molecule has 0 aromatic carbocycles. The minimum Gasteiger partial charge on any atom is -0.367 e. The smallest absolute Gasteiger partial charge is 0.256 e. The van der Waals surface area contributed by atoms with Gasteiger partial charge in [-0.25, -0.2) is 4.98 Å². The Bertz CT molecular complexity index is 674. The van der Waals surface area contributed by atoms with E-state index >= 15 is 0 Å². The fourth-order valence-corrected chi connectivity index (χ4v) is 4.37. The second-order valence-electron chi connectivity index (χ2n) is 9.35. The molecule has 3 rings (SSSR count). The molecule has 7 nitrogen and oxygen atoms in total. The highest BCUT2D eigenvalue weighted by Gasteiger charge is 2.21. The highest BCUT2D eigenvalue weighted by molar-refractivity contribution is 5.98. The van der Waals surface area contributed by atoms with E-state index in [1.807, 2.05) is 0 Å². The third-order valence-corrected chi connectivity index (χ3v) is 6.25. The van der Waals surface area contributed by atoms with Gasteiger partial charge in [-0.15, -0.1) is 0 Å². The van der Waals surface area contributed by atoms with Gasteiger partial charge in [0.25, 0.3) is 5.91 Å². The van der Waals surface area contributed by atoms with Gasteiger partial charge in [0.1, 0.15) is 11.4 Å². The maximum Gasteiger partial charge on any atom is 0.256 e. The molecule has 1 aromatic heterocycles. The molecule has 3 N–H and O–H groups in total. The van der Waals surface area contributed by atoms with Crippen molar-refractivity contribution in [3.8, 4) is 0 Å². The van der Waals surface area contributed by atoms with Crippen LogP contribution in [0, 0.1) is 5.92 Å². The second kappa shape index (κ2) is 11.5. The summed E-state index contributed by atoms with van der Waals surface area (Å²) in [5, 5.41) is 9.86. The predicted octanol–water partition coefficient (Wildman–Crippen LogP) is 3.89. The zero-order valence-corrected chi connectivity index (χ0v) is 19.0. The molecule has 0 spiro atoms. The van der Waals surface area contributed by atoms with Crippen LogP contribution in [0.2, 0.25) is 0 Å². The number of hydrogen-bond donors (Lipinski definition) is 3. The van der Waals surface area contributed by atoms with Crippen LogP contribution in [0.5, 0.6) is 0 Å². The van der Waals surface area contributed by atoms with E-state index in [4.69, 9.17) is 0 Å². The molecule has 1 saturated heterocycles. The molecule has 1 atom stereocenters. The molecular formula is C23H40N6O. The van der Waals surface area contributed by atoms with Crippen LogP contribution in [-0.4, -0.2) is 59.0 Å². The maximum absolute atomic E-state index is 12.7. The van der Waals surface area contributed by atoms with E-state index in [1.54, 1.807) is 6.20 Å². The first-order valence-corrected chi connectivity index (χ1v) is 11.9. The topological polar surface area (TPSA) is 82.2 Å². The van der Waals surface area contributed by atoms with Crippen molar-refractivity contribution < 1.29 is 4.79 Å². The number of likely N-dealkylation sites (tertiary alicyclic amines) is 1. The van der Waals surface area contributed by atoms with Gasteiger partial charge >= 0.3 is 0 Å². The first-order valence-electron chi connectivity index (χ1n) is 11.9. The molecular weight excluding hydrogens is 376 g/mol. The number of aromatic nitrogens is 2. The van der Waals surface area contributed by atoms with Crippen LogP contribution in [0.1, 0.15) is 82.5 Å². The summed E-state index contributed by atoms with van der Waals surface area (Å²) in [4.78, 5) is 24.3. The van der Waals surface area contributed by atoms with E-state index in [0.717, 1.165) is 32.4 Å². The van der Waals surface area contributed by atoms with E-state index in [0.29, 0.717) is 41.9 Å². The monoisotopic (exact) mass is 416 g/mol. The average molecular weight is 417 g/mol. The van der Waals surface area contributed by atoms with Gasteiger partial charge in [0.05, 0.1) is 0 Å². The van der Waals surface area contributed by atoms with Crippen molar-refractivity contribution in [2.24, 2.45) is 5.92 Å². The third-order valence-electron chi connectivity index (χ3n) is 6.25. The van der Waals surface area contributed by atoms with Crippen molar-refractivity contribution >= 4 is 17.7 Å². The van der Waals surface area contributed by atoms with Crippen molar-refractivity contribution in [2.75, 3.05) is 36.8 Å². The number of carbonyl (C=O) groups is 1. The first-order chi connectivity index (χ1) is 14.5. The summed E-state index contributed by atoms with van der Waals surface area (Å²) in [5.74, 6) is 1.56. The highest BCUT2D eigenvalue weighted by Crippen LogP contribution is 2.24. The van der Waals surface area contributed by atoms with Crippen molar-refractivity contribution in [3.63, 3.8) is 0 Å². The summed E-state index contributed by atoms with van der Waals surface area (Å²) < 4.78 is 0. The molecule has 1 aromatic rings. The van der Waals surface area contributed by atoms with Gasteiger partial charge in [0, 0.05) is 37.9 Å². The van der Waals surface area contributed by atoms with Crippen molar-refractivity contribution in [3.05, 3.63) is 11.8 Å². The zero-order chi connectivity index (χ0) is 21.3. The Morgan fingerprint density at radius 2 is 1.97 bits per heavy atom. The van der Waals surface area contributed by atoms with Gasteiger partial charge in [-0.05, 0) is 51.5 Å². The van der Waals surface area contributed by atoms with Crippen LogP contribution in [0.3, 0.4) is 0 Å². The van der Waals surface area contributed by atoms with Gasteiger partial charge in [-0.2, -0.15) is 4.98 Å². The molecule has 0 radical (unpaired) electrons. The Morgan fingerprint density at radius 3 is 2.70 bits per heavy atom. The highest BCUT2D eigenvalue weighted by atomic mass is 16.1. The van der Waals surface area contributed by atoms with E-state index in [1.165, 1.54) is 38.6 Å². The summed E-state index contributed by atoms with van der Waals surface area (Å²) in [6.45, 7) is 10.3. The fourth-order valence-electron chi connectivity index (χ4n) is 4.37. The average Bonchev–Trinajstić information content (AvgIpc) is 3.24. The lowest BCUT2D eigenvalue weighted by Crippen LogP contribution is -2.38. The lowest BCUT2D eigenvalue weighted by atomic mass is 10.0. The number of anilines is 2. The van der Waals surface area contributed by atoms with Gasteiger partial charge in [0.15, 0.2) is 0 Å². The number of rotatable bonds is 10. The van der Waals surface area contributed by atoms with E-state index < -0.39 is 0 Å². The van der Waals surface area contributed by atoms with Crippen molar-refractivity contribution in [2.45, 2.75) is 84.2 Å². The van der Waals surface area contributed by atoms with Crippen LogP contribution in [0.25, 0.3) is 0 Å². The molecule has 2 aliphatic rings. The first kappa shape index (κ1) is 22.8. The molecule has 168 valence electrons. The molecule has 1 aliphatic heterocycles. The van der Waals surface area contributed by atoms with Gasteiger partial charge in [-0.1, -0.05) is 33.1 Å². The van der Waals surface area contributed by atoms with E-state index in [2.05, 4.69) is 51.6 Å². The van der Waals surface area contributed by atoms with Crippen LogP contribution in [0.4, 0.5) is 11.8 Å². The lowest BCUT2D eigenvalue weighted by Gasteiger charge is -2.33. The standard InChI is InChI=1S/C23H40N6O/c1-17(2)15-25-22(30)20-16-26-23(28-21(20)27-19-10-4-5-11-19)24-12-8-14-29-13-7-6-9-18(29)3/h16-19H,4-15H2,1-3H3,(H,25,30)(H2,24,26,27,28). The fraction of sp³-hybridized carbons (Fsp3) is 0.783. The Hall–Kier alpha value is -1.89. The Morgan fingerprint density at radius 1 is 1.20 bits per heavy atom. The molecule has 1 amide bonds. The predicted molar refractivity (Wildman–Crippen MR) is 123 cm³/mol. The van der Waals surface area contributed by atoms with E-state index in [-0.39, 0.29) is 5.91 Å². The van der Waals surface area contributed by atoms with Crippen LogP contribution in [0.15, 0.2) is 6.20 Å². The Balaban J connectivity index is 1.57. The summed E-state index contributed by atoms with van der Waals surface area (Å²) in [5.41, 5.74) is 0.537. The molecule has 1 saturated carbocycles. The number of hydrogen-bond acceptors (Lipinski definition) is 6. The number of nitrogens with one attached hydrogen (secondary N) is 3. The molecule has 0 bridgehead atoms. The molecule has 2 heterocycles. The second-order valence-corrected chi connectivity index (χ2v) is 9.35.